The maximum atomic E-state index is 10.1. The fraction of sp³-hybridized carbons (Fsp3) is 0.700. The highest BCUT2D eigenvalue weighted by Crippen LogP contribution is 2.18. The third-order valence-corrected chi connectivity index (χ3v) is 4.32. The van der Waals surface area contributed by atoms with Gasteiger partial charge in [-0.3, -0.25) is 4.90 Å². The summed E-state index contributed by atoms with van der Waals surface area (Å²) in [4.78, 5) is 2.24. The lowest BCUT2D eigenvalue weighted by Gasteiger charge is -2.36. The Morgan fingerprint density at radius 1 is 1.12 bits per heavy atom. The molecule has 25 heavy (non-hydrogen) atoms. The lowest BCUT2D eigenvalue weighted by atomic mass is 10.0. The fourth-order valence-electron chi connectivity index (χ4n) is 3.17. The smallest absolute Gasteiger partial charge is 0.119 e. The largest absolute Gasteiger partial charge is 0.491 e. The van der Waals surface area contributed by atoms with Gasteiger partial charge in [0.2, 0.25) is 0 Å². The van der Waals surface area contributed by atoms with Gasteiger partial charge in [-0.05, 0) is 37.5 Å². The summed E-state index contributed by atoms with van der Waals surface area (Å²) in [7, 11) is 0. The number of nitrogens with zero attached hydrogens (tertiary/aromatic N) is 1. The zero-order valence-corrected chi connectivity index (χ0v) is 16.0. The summed E-state index contributed by atoms with van der Waals surface area (Å²) in [5, 5.41) is 10.1. The third-order valence-electron chi connectivity index (χ3n) is 4.32. The van der Waals surface area contributed by atoms with E-state index in [4.69, 9.17) is 14.2 Å². The van der Waals surface area contributed by atoms with Crippen LogP contribution in [-0.4, -0.2) is 67.8 Å². The molecule has 1 heterocycles. The van der Waals surface area contributed by atoms with E-state index in [0.29, 0.717) is 32.3 Å². The van der Waals surface area contributed by atoms with Crippen LogP contribution in [0, 0.1) is 0 Å². The zero-order valence-electron chi connectivity index (χ0n) is 16.0. The zero-order chi connectivity index (χ0) is 18.2. The maximum absolute atomic E-state index is 10.1. The second kappa shape index (κ2) is 10.1. The summed E-state index contributed by atoms with van der Waals surface area (Å²) >= 11 is 0. The van der Waals surface area contributed by atoms with Crippen molar-refractivity contribution in [1.29, 1.82) is 0 Å². The molecular weight excluding hydrogens is 318 g/mol. The summed E-state index contributed by atoms with van der Waals surface area (Å²) in [6.07, 6.45) is -0.0532. The molecule has 0 spiro atoms. The van der Waals surface area contributed by atoms with Crippen molar-refractivity contribution in [2.24, 2.45) is 0 Å². The minimum atomic E-state index is -0.483. The van der Waals surface area contributed by atoms with E-state index in [1.807, 2.05) is 12.1 Å². The Labute approximate surface area is 151 Å². The highest BCUT2D eigenvalue weighted by atomic mass is 16.5. The molecule has 0 amide bonds. The molecule has 1 fully saturated rings. The van der Waals surface area contributed by atoms with Crippen molar-refractivity contribution in [2.75, 3.05) is 39.5 Å². The number of benzene rings is 1. The van der Waals surface area contributed by atoms with Crippen molar-refractivity contribution < 1.29 is 19.3 Å². The number of aliphatic hydroxyl groups excluding tert-OH is 1. The molecule has 0 bridgehead atoms. The predicted molar refractivity (Wildman–Crippen MR) is 99.3 cm³/mol. The number of β-amino-alcohol motifs (C(OH)–C–C–N with tert-alkyl or cyclic N) is 1. The van der Waals surface area contributed by atoms with Gasteiger partial charge in [0.15, 0.2) is 0 Å². The summed E-state index contributed by atoms with van der Waals surface area (Å²) in [6, 6.07) is 8.17. The minimum Gasteiger partial charge on any atom is -0.491 e. The fourth-order valence-corrected chi connectivity index (χ4v) is 3.17. The van der Waals surface area contributed by atoms with Crippen molar-refractivity contribution in [3.8, 4) is 5.75 Å². The van der Waals surface area contributed by atoms with Gasteiger partial charge in [0.25, 0.3) is 0 Å². The van der Waals surface area contributed by atoms with E-state index < -0.39 is 6.10 Å². The van der Waals surface area contributed by atoms with Crippen molar-refractivity contribution in [3.05, 3.63) is 29.8 Å². The summed E-state index contributed by atoms with van der Waals surface area (Å²) in [5.41, 5.74) is 1.30. The Morgan fingerprint density at radius 2 is 1.76 bits per heavy atom. The SMILES string of the molecule is CC(C)c1ccc(OCCOC[C@@H](O)CN2C[C@@H](C)O[C@H](C)C2)cc1. The first-order chi connectivity index (χ1) is 11.9. The molecule has 1 aromatic rings. The van der Waals surface area contributed by atoms with E-state index >= 15 is 0 Å². The topological polar surface area (TPSA) is 51.2 Å². The monoisotopic (exact) mass is 351 g/mol. The van der Waals surface area contributed by atoms with E-state index in [-0.39, 0.29) is 12.2 Å². The van der Waals surface area contributed by atoms with Gasteiger partial charge >= 0.3 is 0 Å². The molecule has 1 saturated heterocycles. The highest BCUT2D eigenvalue weighted by Gasteiger charge is 2.23. The summed E-state index contributed by atoms with van der Waals surface area (Å²) in [5.74, 6) is 1.38. The van der Waals surface area contributed by atoms with Crippen LogP contribution in [0.2, 0.25) is 0 Å². The number of aliphatic hydroxyl groups is 1. The van der Waals surface area contributed by atoms with Gasteiger partial charge in [0, 0.05) is 19.6 Å². The number of morpholine rings is 1. The molecule has 0 unspecified atom stereocenters. The van der Waals surface area contributed by atoms with Gasteiger partial charge < -0.3 is 19.3 Å². The Morgan fingerprint density at radius 3 is 2.36 bits per heavy atom. The number of ether oxygens (including phenoxy) is 3. The molecule has 5 heteroatoms. The molecular formula is C20H33NO4. The average molecular weight is 351 g/mol. The summed E-state index contributed by atoms with van der Waals surface area (Å²) in [6.45, 7) is 12.1. The lowest BCUT2D eigenvalue weighted by molar-refractivity contribution is -0.0824. The molecule has 1 aromatic carbocycles. The van der Waals surface area contributed by atoms with Crippen LogP contribution in [0.25, 0.3) is 0 Å². The first kappa shape index (κ1) is 20.2. The molecule has 0 saturated carbocycles. The number of hydrogen-bond donors (Lipinski definition) is 1. The van der Waals surface area contributed by atoms with E-state index in [2.05, 4.69) is 44.7 Å². The Hall–Kier alpha value is -1.14. The van der Waals surface area contributed by atoms with Gasteiger partial charge in [0.05, 0.1) is 31.5 Å². The molecule has 3 atom stereocenters. The predicted octanol–water partition coefficient (Wildman–Crippen LogP) is 2.68. The first-order valence-corrected chi connectivity index (χ1v) is 9.30. The molecule has 0 aromatic heterocycles. The van der Waals surface area contributed by atoms with Gasteiger partial charge in [-0.15, -0.1) is 0 Å². The van der Waals surface area contributed by atoms with Crippen molar-refractivity contribution >= 4 is 0 Å². The average Bonchev–Trinajstić information content (AvgIpc) is 2.54. The van der Waals surface area contributed by atoms with Crippen LogP contribution in [0.15, 0.2) is 24.3 Å². The van der Waals surface area contributed by atoms with E-state index in [0.717, 1.165) is 18.8 Å². The molecule has 5 nitrogen and oxygen atoms in total. The Bertz CT molecular complexity index is 481. The van der Waals surface area contributed by atoms with Crippen molar-refractivity contribution in [1.82, 2.24) is 4.90 Å². The maximum Gasteiger partial charge on any atom is 0.119 e. The molecule has 1 aliphatic rings. The lowest BCUT2D eigenvalue weighted by Crippen LogP contribution is -2.48. The van der Waals surface area contributed by atoms with Crippen LogP contribution >= 0.6 is 0 Å². The van der Waals surface area contributed by atoms with Crippen molar-refractivity contribution in [2.45, 2.75) is 51.9 Å². The van der Waals surface area contributed by atoms with Crippen LogP contribution in [0.3, 0.4) is 0 Å². The van der Waals surface area contributed by atoms with Crippen molar-refractivity contribution in [3.63, 3.8) is 0 Å². The molecule has 0 aliphatic carbocycles. The molecule has 0 radical (unpaired) electrons. The number of hydrogen-bond acceptors (Lipinski definition) is 5. The molecule has 142 valence electrons. The van der Waals surface area contributed by atoms with Gasteiger partial charge in [-0.1, -0.05) is 26.0 Å². The normalized spacial score (nSPS) is 23.0. The molecule has 1 N–H and O–H groups in total. The standard InChI is InChI=1S/C20H33NO4/c1-15(2)18-5-7-20(8-6-18)24-10-9-23-14-19(22)13-21-11-16(3)25-17(4)12-21/h5-8,15-17,19,22H,9-14H2,1-4H3/t16-,17-,19+/m1/s1. The molecule has 1 aliphatic heterocycles. The van der Waals surface area contributed by atoms with Crippen LogP contribution in [0.4, 0.5) is 0 Å². The quantitative estimate of drug-likeness (QED) is 0.693. The van der Waals surface area contributed by atoms with E-state index in [1.165, 1.54) is 5.56 Å². The van der Waals surface area contributed by atoms with Gasteiger partial charge in [-0.2, -0.15) is 0 Å². The Balaban J connectivity index is 1.57. The minimum absolute atomic E-state index is 0.215. The van der Waals surface area contributed by atoms with Gasteiger partial charge in [0.1, 0.15) is 12.4 Å². The molecule has 2 rings (SSSR count). The first-order valence-electron chi connectivity index (χ1n) is 9.30. The Kier molecular flexibility index (Phi) is 8.16. The van der Waals surface area contributed by atoms with E-state index in [1.54, 1.807) is 0 Å². The van der Waals surface area contributed by atoms with Crippen LogP contribution in [-0.2, 0) is 9.47 Å². The highest BCUT2D eigenvalue weighted by molar-refractivity contribution is 5.28. The van der Waals surface area contributed by atoms with E-state index in [9.17, 15) is 5.11 Å². The second-order valence-corrected chi connectivity index (χ2v) is 7.28. The van der Waals surface area contributed by atoms with Crippen LogP contribution < -0.4 is 4.74 Å². The van der Waals surface area contributed by atoms with Crippen LogP contribution in [0.1, 0.15) is 39.2 Å². The van der Waals surface area contributed by atoms with Crippen LogP contribution in [0.5, 0.6) is 5.75 Å². The number of rotatable bonds is 9. The van der Waals surface area contributed by atoms with Gasteiger partial charge in [-0.25, -0.2) is 0 Å². The summed E-state index contributed by atoms with van der Waals surface area (Å²) < 4.78 is 16.9. The third kappa shape index (κ3) is 7.32. The second-order valence-electron chi connectivity index (χ2n) is 7.28.